The van der Waals surface area contributed by atoms with E-state index < -0.39 is 5.60 Å². The molecule has 6 heteroatoms. The molecule has 1 aliphatic rings. The van der Waals surface area contributed by atoms with Gasteiger partial charge in [-0.15, -0.1) is 0 Å². The summed E-state index contributed by atoms with van der Waals surface area (Å²) in [5.41, 5.74) is 2.71. The van der Waals surface area contributed by atoms with Crippen LogP contribution in [-0.2, 0) is 17.4 Å². The van der Waals surface area contributed by atoms with Crippen molar-refractivity contribution in [3.63, 3.8) is 0 Å². The van der Waals surface area contributed by atoms with Crippen LogP contribution in [0.2, 0.25) is 0 Å². The number of aromatic nitrogens is 3. The van der Waals surface area contributed by atoms with Crippen LogP contribution in [0.3, 0.4) is 0 Å². The molecule has 0 radical (unpaired) electrons. The normalized spacial score (nSPS) is 16.1. The first-order chi connectivity index (χ1) is 14.3. The number of nitrogens with one attached hydrogen (secondary N) is 2. The van der Waals surface area contributed by atoms with Gasteiger partial charge in [0, 0.05) is 41.5 Å². The second-order valence-electron chi connectivity index (χ2n) is 9.33. The molecule has 0 aliphatic heterocycles. The van der Waals surface area contributed by atoms with Gasteiger partial charge in [-0.25, -0.2) is 9.97 Å². The number of aliphatic hydroxyl groups is 1. The highest BCUT2D eigenvalue weighted by atomic mass is 16.3. The molecule has 2 aromatic heterocycles. The molecule has 4 rings (SSSR count). The fourth-order valence-corrected chi connectivity index (χ4v) is 4.32. The van der Waals surface area contributed by atoms with E-state index in [0.717, 1.165) is 53.5 Å². The van der Waals surface area contributed by atoms with Gasteiger partial charge in [0.1, 0.15) is 5.82 Å². The highest BCUT2D eigenvalue weighted by molar-refractivity contribution is 5.93. The lowest BCUT2D eigenvalue weighted by Gasteiger charge is -2.24. The van der Waals surface area contributed by atoms with Crippen LogP contribution in [-0.4, -0.2) is 32.5 Å². The van der Waals surface area contributed by atoms with Crippen molar-refractivity contribution in [2.24, 2.45) is 0 Å². The Morgan fingerprint density at radius 2 is 1.90 bits per heavy atom. The Labute approximate surface area is 177 Å². The van der Waals surface area contributed by atoms with Gasteiger partial charge in [0.25, 0.3) is 5.91 Å². The van der Waals surface area contributed by atoms with Gasteiger partial charge in [0.15, 0.2) is 0 Å². The SMILES string of the molecule is CC(C)(C)c1ncc(C(=O)NCCc2c[nH]c3cccc(C4(O)CCCC4)c23)cn1. The smallest absolute Gasteiger partial charge is 0.254 e. The third kappa shape index (κ3) is 3.97. The minimum absolute atomic E-state index is 0.147. The van der Waals surface area contributed by atoms with Crippen molar-refractivity contribution in [3.05, 3.63) is 59.3 Å². The third-order valence-electron chi connectivity index (χ3n) is 5.98. The quantitative estimate of drug-likeness (QED) is 0.597. The molecule has 0 spiro atoms. The number of hydrogen-bond donors (Lipinski definition) is 3. The minimum atomic E-state index is -0.744. The number of fused-ring (bicyclic) bond motifs is 1. The molecule has 0 saturated heterocycles. The number of benzene rings is 1. The Bertz CT molecular complexity index is 1040. The summed E-state index contributed by atoms with van der Waals surface area (Å²) in [6.45, 7) is 6.62. The molecule has 0 atom stereocenters. The number of carbonyl (C=O) groups is 1. The van der Waals surface area contributed by atoms with Gasteiger partial charge in [0.2, 0.25) is 0 Å². The fraction of sp³-hybridized carbons (Fsp3) is 0.458. The first-order valence-corrected chi connectivity index (χ1v) is 10.7. The van der Waals surface area contributed by atoms with E-state index >= 15 is 0 Å². The molecule has 2 heterocycles. The van der Waals surface area contributed by atoms with Gasteiger partial charge < -0.3 is 15.4 Å². The van der Waals surface area contributed by atoms with Gasteiger partial charge in [-0.05, 0) is 36.5 Å². The molecular formula is C24H30N4O2. The average Bonchev–Trinajstić information content (AvgIpc) is 3.34. The molecule has 1 fully saturated rings. The molecule has 1 amide bonds. The van der Waals surface area contributed by atoms with Crippen LogP contribution in [0, 0.1) is 0 Å². The lowest BCUT2D eigenvalue weighted by Crippen LogP contribution is -2.27. The summed E-state index contributed by atoms with van der Waals surface area (Å²) in [4.78, 5) is 24.5. The van der Waals surface area contributed by atoms with Crippen LogP contribution in [0.4, 0.5) is 0 Å². The monoisotopic (exact) mass is 406 g/mol. The number of hydrogen-bond acceptors (Lipinski definition) is 4. The van der Waals surface area contributed by atoms with Gasteiger partial charge in [-0.2, -0.15) is 0 Å². The topological polar surface area (TPSA) is 90.9 Å². The summed E-state index contributed by atoms with van der Waals surface area (Å²) in [6.07, 6.45) is 9.55. The van der Waals surface area contributed by atoms with Crippen LogP contribution >= 0.6 is 0 Å². The first kappa shape index (κ1) is 20.5. The Balaban J connectivity index is 1.46. The van der Waals surface area contributed by atoms with Crippen molar-refractivity contribution in [3.8, 4) is 0 Å². The molecule has 1 aliphatic carbocycles. The molecule has 30 heavy (non-hydrogen) atoms. The Kier molecular flexibility index (Phi) is 5.36. The van der Waals surface area contributed by atoms with E-state index in [9.17, 15) is 9.90 Å². The summed E-state index contributed by atoms with van der Waals surface area (Å²) in [7, 11) is 0. The second kappa shape index (κ2) is 7.84. The summed E-state index contributed by atoms with van der Waals surface area (Å²) in [5, 5.41) is 15.2. The fourth-order valence-electron chi connectivity index (χ4n) is 4.32. The summed E-state index contributed by atoms with van der Waals surface area (Å²) in [5.74, 6) is 0.542. The first-order valence-electron chi connectivity index (χ1n) is 10.7. The number of carbonyl (C=O) groups excluding carboxylic acids is 1. The molecular weight excluding hydrogens is 376 g/mol. The van der Waals surface area contributed by atoms with Crippen molar-refractivity contribution in [1.29, 1.82) is 0 Å². The van der Waals surface area contributed by atoms with E-state index in [-0.39, 0.29) is 11.3 Å². The van der Waals surface area contributed by atoms with Crippen LogP contribution < -0.4 is 5.32 Å². The minimum Gasteiger partial charge on any atom is -0.385 e. The van der Waals surface area contributed by atoms with E-state index in [4.69, 9.17) is 0 Å². The number of nitrogens with zero attached hydrogens (tertiary/aromatic N) is 2. The highest BCUT2D eigenvalue weighted by Crippen LogP contribution is 2.42. The van der Waals surface area contributed by atoms with Gasteiger partial charge >= 0.3 is 0 Å². The van der Waals surface area contributed by atoms with Gasteiger partial charge in [0.05, 0.1) is 11.2 Å². The van der Waals surface area contributed by atoms with Crippen LogP contribution in [0.1, 0.15) is 73.8 Å². The zero-order chi connectivity index (χ0) is 21.4. The van der Waals surface area contributed by atoms with Gasteiger partial charge in [-0.1, -0.05) is 45.7 Å². The molecule has 158 valence electrons. The third-order valence-corrected chi connectivity index (χ3v) is 5.98. The maximum atomic E-state index is 12.5. The summed E-state index contributed by atoms with van der Waals surface area (Å²) < 4.78 is 0. The van der Waals surface area contributed by atoms with Crippen molar-refractivity contribution in [2.75, 3.05) is 6.54 Å². The van der Waals surface area contributed by atoms with E-state index in [1.807, 2.05) is 45.2 Å². The second-order valence-corrected chi connectivity index (χ2v) is 9.33. The highest BCUT2D eigenvalue weighted by Gasteiger charge is 2.35. The van der Waals surface area contributed by atoms with E-state index in [0.29, 0.717) is 18.5 Å². The van der Waals surface area contributed by atoms with Gasteiger partial charge in [-0.3, -0.25) is 4.79 Å². The molecule has 3 aromatic rings. The Hall–Kier alpha value is -2.73. The van der Waals surface area contributed by atoms with E-state index in [1.54, 1.807) is 12.4 Å². The standard InChI is InChI=1S/C24H30N4O2/c1-23(2,3)22-27-14-17(15-28-22)21(29)25-12-9-16-13-26-19-8-6-7-18(20(16)19)24(30)10-4-5-11-24/h6-8,13-15,26,30H,4-5,9-12H2,1-3H3,(H,25,29). The lowest BCUT2D eigenvalue weighted by molar-refractivity contribution is 0.0460. The van der Waals surface area contributed by atoms with Crippen LogP contribution in [0.5, 0.6) is 0 Å². The van der Waals surface area contributed by atoms with Crippen molar-refractivity contribution in [2.45, 2.75) is 63.9 Å². The maximum Gasteiger partial charge on any atom is 0.254 e. The summed E-state index contributed by atoms with van der Waals surface area (Å²) >= 11 is 0. The molecule has 1 saturated carbocycles. The summed E-state index contributed by atoms with van der Waals surface area (Å²) in [6, 6.07) is 6.07. The number of H-pyrrole nitrogens is 1. The number of amides is 1. The Morgan fingerprint density at radius 1 is 1.20 bits per heavy atom. The van der Waals surface area contributed by atoms with E-state index in [1.165, 1.54) is 0 Å². The molecule has 3 N–H and O–H groups in total. The molecule has 1 aromatic carbocycles. The predicted molar refractivity (Wildman–Crippen MR) is 117 cm³/mol. The van der Waals surface area contributed by atoms with Crippen LogP contribution in [0.15, 0.2) is 36.8 Å². The molecule has 6 nitrogen and oxygen atoms in total. The zero-order valence-corrected chi connectivity index (χ0v) is 18.0. The van der Waals surface area contributed by atoms with Crippen molar-refractivity contribution >= 4 is 16.8 Å². The zero-order valence-electron chi connectivity index (χ0n) is 18.0. The lowest BCUT2D eigenvalue weighted by atomic mass is 9.88. The molecule has 0 unspecified atom stereocenters. The maximum absolute atomic E-state index is 12.5. The Morgan fingerprint density at radius 3 is 2.57 bits per heavy atom. The largest absolute Gasteiger partial charge is 0.385 e. The van der Waals surface area contributed by atoms with Crippen LogP contribution in [0.25, 0.3) is 10.9 Å². The number of rotatable bonds is 5. The molecule has 0 bridgehead atoms. The number of aromatic amines is 1. The van der Waals surface area contributed by atoms with Crippen molar-refractivity contribution < 1.29 is 9.90 Å². The predicted octanol–water partition coefficient (Wildman–Crippen LogP) is 3.99. The van der Waals surface area contributed by atoms with E-state index in [2.05, 4.69) is 20.3 Å². The average molecular weight is 407 g/mol. The van der Waals surface area contributed by atoms with Crippen molar-refractivity contribution in [1.82, 2.24) is 20.3 Å².